The molecule has 2 aromatic carbocycles. The normalized spacial score (nSPS) is 17.1. The molecule has 0 bridgehead atoms. The van der Waals surface area contributed by atoms with Crippen LogP contribution in [0.25, 0.3) is 0 Å². The van der Waals surface area contributed by atoms with Crippen molar-refractivity contribution in [2.45, 2.75) is 25.4 Å². The van der Waals surface area contributed by atoms with Gasteiger partial charge in [0.15, 0.2) is 0 Å². The van der Waals surface area contributed by atoms with Crippen LogP contribution in [0, 0.1) is 0 Å². The molecule has 0 spiro atoms. The summed E-state index contributed by atoms with van der Waals surface area (Å²) in [5.74, 6) is 0.770. The van der Waals surface area contributed by atoms with Crippen molar-refractivity contribution < 1.29 is 19.2 Å². The first-order valence-electron chi connectivity index (χ1n) is 12.3. The zero-order chi connectivity index (χ0) is 25.3. The highest BCUT2D eigenvalue weighted by molar-refractivity contribution is 7.81. The van der Waals surface area contributed by atoms with Crippen molar-refractivity contribution in [3.8, 4) is 5.75 Å². The van der Waals surface area contributed by atoms with Crippen molar-refractivity contribution in [3.05, 3.63) is 83.9 Å². The third-order valence-corrected chi connectivity index (χ3v) is 7.70. The monoisotopic (exact) mass is 527 g/mol. The van der Waals surface area contributed by atoms with Gasteiger partial charge in [-0.3, -0.25) is 9.69 Å². The van der Waals surface area contributed by atoms with Gasteiger partial charge in [-0.05, 0) is 29.7 Å². The van der Waals surface area contributed by atoms with Gasteiger partial charge in [0.2, 0.25) is 5.91 Å². The first-order valence-corrected chi connectivity index (χ1v) is 13.8. The number of ether oxygens (including phenoxy) is 1. The number of amides is 1. The van der Waals surface area contributed by atoms with E-state index in [2.05, 4.69) is 44.0 Å². The van der Waals surface area contributed by atoms with E-state index in [1.807, 2.05) is 42.9 Å². The Kier molecular flexibility index (Phi) is 10.8. The number of nitrogens with zero attached hydrogens (tertiary/aromatic N) is 4. The van der Waals surface area contributed by atoms with Gasteiger partial charge in [0.05, 0.1) is 24.4 Å². The van der Waals surface area contributed by atoms with Gasteiger partial charge >= 0.3 is 0 Å². The van der Waals surface area contributed by atoms with Gasteiger partial charge in [0, 0.05) is 63.8 Å². The average molecular weight is 528 g/mol. The molecule has 3 aromatic rings. The molecule has 3 N–H and O–H groups in total. The number of imidazole rings is 1. The van der Waals surface area contributed by atoms with Gasteiger partial charge in [-0.25, -0.2) is 13.5 Å². The lowest BCUT2D eigenvalue weighted by atomic mass is 10.1. The topological polar surface area (TPSA) is 111 Å². The maximum atomic E-state index is 13.2. The summed E-state index contributed by atoms with van der Waals surface area (Å²) >= 11 is 0. The molecule has 1 aliphatic rings. The molecule has 9 nitrogen and oxygen atoms in total. The van der Waals surface area contributed by atoms with Crippen molar-refractivity contribution in [1.29, 1.82) is 0 Å². The Morgan fingerprint density at radius 3 is 2.54 bits per heavy atom. The van der Waals surface area contributed by atoms with Crippen LogP contribution in [0.5, 0.6) is 5.75 Å². The summed E-state index contributed by atoms with van der Waals surface area (Å²) in [6, 6.07) is 17.9. The van der Waals surface area contributed by atoms with Gasteiger partial charge in [0.25, 0.3) is 0 Å². The minimum atomic E-state index is -1.20. The number of carbonyl (C=O) groups is 1. The predicted molar refractivity (Wildman–Crippen MR) is 146 cm³/mol. The van der Waals surface area contributed by atoms with E-state index < -0.39 is 17.0 Å². The van der Waals surface area contributed by atoms with Gasteiger partial charge in [-0.2, -0.15) is 0 Å². The lowest BCUT2D eigenvalue weighted by Gasteiger charge is -2.39. The van der Waals surface area contributed by atoms with Gasteiger partial charge in [-0.1, -0.05) is 42.5 Å². The SMILES string of the molecule is COc1ccc(CCN2CCN(S(C)=O)C(C(=O)NCCc3cncn3Cc3ccccc3)C2)cc1.O. The van der Waals surface area contributed by atoms with Crippen LogP contribution in [0.2, 0.25) is 0 Å². The number of hydrogen-bond acceptors (Lipinski definition) is 5. The number of rotatable bonds is 11. The summed E-state index contributed by atoms with van der Waals surface area (Å²) in [5, 5.41) is 3.08. The minimum Gasteiger partial charge on any atom is -0.497 e. The van der Waals surface area contributed by atoms with E-state index >= 15 is 0 Å². The fraction of sp³-hybridized carbons (Fsp3) is 0.407. The number of aromatic nitrogens is 2. The van der Waals surface area contributed by atoms with E-state index in [0.29, 0.717) is 26.1 Å². The van der Waals surface area contributed by atoms with Crippen molar-refractivity contribution in [2.75, 3.05) is 46.1 Å². The highest BCUT2D eigenvalue weighted by atomic mass is 32.2. The van der Waals surface area contributed by atoms with Gasteiger partial charge in [-0.15, -0.1) is 0 Å². The molecule has 0 radical (unpaired) electrons. The number of carbonyl (C=O) groups excluding carboxylic acids is 1. The standard InChI is InChI=1S/C27H35N5O3S.H2O/c1-35-25-10-8-22(9-11-25)13-15-30-16-17-32(36(2)34)26(20-30)27(33)29-14-12-24-18-28-21-31(24)19-23-6-4-3-5-7-23;/h3-11,18,21,26H,12-17,19-20H2,1-2H3,(H,29,33);1H2. The van der Waals surface area contributed by atoms with Crippen LogP contribution < -0.4 is 10.1 Å². The van der Waals surface area contributed by atoms with E-state index in [0.717, 1.165) is 37.5 Å². The largest absolute Gasteiger partial charge is 0.497 e. The van der Waals surface area contributed by atoms with Crippen LogP contribution in [-0.4, -0.2) is 86.5 Å². The van der Waals surface area contributed by atoms with Crippen molar-refractivity contribution in [3.63, 3.8) is 0 Å². The molecule has 10 heteroatoms. The Bertz CT molecular complexity index is 1140. The predicted octanol–water partition coefficient (Wildman–Crippen LogP) is 1.30. The summed E-state index contributed by atoms with van der Waals surface area (Å²) < 4.78 is 21.5. The Hall–Kier alpha value is -3.05. The quantitative estimate of drug-likeness (QED) is 0.404. The highest BCUT2D eigenvalue weighted by Gasteiger charge is 2.34. The molecular weight excluding hydrogens is 490 g/mol. The lowest BCUT2D eigenvalue weighted by molar-refractivity contribution is -0.126. The summed E-state index contributed by atoms with van der Waals surface area (Å²) in [7, 11) is 0.458. The smallest absolute Gasteiger partial charge is 0.239 e. The zero-order valence-corrected chi connectivity index (χ0v) is 22.3. The van der Waals surface area contributed by atoms with E-state index in [1.165, 1.54) is 11.1 Å². The molecule has 2 atom stereocenters. The van der Waals surface area contributed by atoms with Crippen LogP contribution >= 0.6 is 0 Å². The second-order valence-electron chi connectivity index (χ2n) is 9.02. The highest BCUT2D eigenvalue weighted by Crippen LogP contribution is 2.15. The van der Waals surface area contributed by atoms with Crippen LogP contribution in [0.15, 0.2) is 67.1 Å². The molecule has 37 heavy (non-hydrogen) atoms. The number of piperazine rings is 1. The first kappa shape index (κ1) is 28.5. The minimum absolute atomic E-state index is 0. The summed E-state index contributed by atoms with van der Waals surface area (Å²) in [6.45, 7) is 4.06. The Balaban J connectivity index is 0.00000380. The second-order valence-corrected chi connectivity index (χ2v) is 10.3. The molecule has 1 aliphatic heterocycles. The van der Waals surface area contributed by atoms with E-state index in [9.17, 15) is 9.00 Å². The van der Waals surface area contributed by atoms with Crippen LogP contribution in [0.4, 0.5) is 0 Å². The summed E-state index contributed by atoms with van der Waals surface area (Å²) in [4.78, 5) is 19.7. The average Bonchev–Trinajstić information content (AvgIpc) is 3.34. The molecular formula is C27H37N5O4S. The van der Waals surface area contributed by atoms with E-state index in [1.54, 1.807) is 17.7 Å². The second kappa shape index (κ2) is 14.0. The molecule has 4 rings (SSSR count). The Labute approximate surface area is 221 Å². The maximum absolute atomic E-state index is 13.2. The number of hydrogen-bond donors (Lipinski definition) is 1. The molecule has 200 valence electrons. The van der Waals surface area contributed by atoms with Crippen molar-refractivity contribution in [1.82, 2.24) is 24.1 Å². The number of benzene rings is 2. The van der Waals surface area contributed by atoms with Crippen LogP contribution in [0.3, 0.4) is 0 Å². The van der Waals surface area contributed by atoms with Gasteiger partial charge in [0.1, 0.15) is 11.8 Å². The third kappa shape index (κ3) is 7.96. The zero-order valence-electron chi connectivity index (χ0n) is 21.5. The molecule has 1 amide bonds. The number of nitrogens with one attached hydrogen (secondary N) is 1. The summed E-state index contributed by atoms with van der Waals surface area (Å²) in [5.41, 5.74) is 3.50. The van der Waals surface area contributed by atoms with E-state index in [4.69, 9.17) is 4.74 Å². The van der Waals surface area contributed by atoms with Crippen LogP contribution in [0.1, 0.15) is 16.8 Å². The lowest BCUT2D eigenvalue weighted by Crippen LogP contribution is -2.59. The molecule has 2 heterocycles. The van der Waals surface area contributed by atoms with Crippen molar-refractivity contribution in [2.24, 2.45) is 0 Å². The summed E-state index contributed by atoms with van der Waals surface area (Å²) in [6.07, 6.45) is 6.90. The van der Waals surface area contributed by atoms with Crippen LogP contribution in [-0.2, 0) is 35.2 Å². The third-order valence-electron chi connectivity index (χ3n) is 6.60. The molecule has 0 saturated carbocycles. The fourth-order valence-corrected chi connectivity index (χ4v) is 5.40. The maximum Gasteiger partial charge on any atom is 0.239 e. The van der Waals surface area contributed by atoms with E-state index in [-0.39, 0.29) is 11.4 Å². The molecule has 1 saturated heterocycles. The Morgan fingerprint density at radius 2 is 1.84 bits per heavy atom. The molecule has 1 fully saturated rings. The molecule has 1 aromatic heterocycles. The first-order chi connectivity index (χ1) is 17.5. The van der Waals surface area contributed by atoms with Gasteiger partial charge < -0.3 is 20.1 Å². The molecule has 2 unspecified atom stereocenters. The Morgan fingerprint density at radius 1 is 1.08 bits per heavy atom. The number of methoxy groups -OCH3 is 1. The fourth-order valence-electron chi connectivity index (χ4n) is 4.54. The van der Waals surface area contributed by atoms with Crippen molar-refractivity contribution >= 4 is 16.9 Å². The molecule has 0 aliphatic carbocycles.